The van der Waals surface area contributed by atoms with Crippen molar-refractivity contribution in [2.75, 3.05) is 19.1 Å². The number of pyridine rings is 1. The molecule has 120 valence electrons. The molecule has 1 heterocycles. The van der Waals surface area contributed by atoms with E-state index in [9.17, 15) is 0 Å². The zero-order valence-corrected chi connectivity index (χ0v) is 14.2. The van der Waals surface area contributed by atoms with Crippen LogP contribution >= 0.6 is 12.2 Å². The van der Waals surface area contributed by atoms with Crippen molar-refractivity contribution in [3.05, 3.63) is 47.5 Å². The van der Waals surface area contributed by atoms with Gasteiger partial charge in [-0.2, -0.15) is 4.98 Å². The molecule has 1 aliphatic carbocycles. The van der Waals surface area contributed by atoms with Crippen molar-refractivity contribution in [1.29, 1.82) is 0 Å². The summed E-state index contributed by atoms with van der Waals surface area (Å²) in [6.07, 6.45) is 4.61. The topological polar surface area (TPSA) is 34.6 Å². The number of benzene rings is 1. The fourth-order valence-corrected chi connectivity index (χ4v) is 2.99. The van der Waals surface area contributed by atoms with E-state index in [0.29, 0.717) is 16.9 Å². The van der Waals surface area contributed by atoms with Gasteiger partial charge in [0.05, 0.1) is 7.11 Å². The molecule has 0 unspecified atom stereocenters. The van der Waals surface area contributed by atoms with E-state index in [4.69, 9.17) is 21.7 Å². The Hall–Kier alpha value is -2.14. The Morgan fingerprint density at radius 3 is 2.74 bits per heavy atom. The van der Waals surface area contributed by atoms with Gasteiger partial charge in [-0.3, -0.25) is 4.90 Å². The number of aromatic nitrogens is 1. The Labute approximate surface area is 142 Å². The highest BCUT2D eigenvalue weighted by Crippen LogP contribution is 2.30. The van der Waals surface area contributed by atoms with Crippen molar-refractivity contribution < 1.29 is 9.47 Å². The molecule has 5 heteroatoms. The van der Waals surface area contributed by atoms with Gasteiger partial charge in [-0.25, -0.2) is 0 Å². The maximum absolute atomic E-state index is 5.98. The first-order chi connectivity index (χ1) is 11.2. The molecular weight excluding hydrogens is 308 g/mol. The van der Waals surface area contributed by atoms with E-state index >= 15 is 0 Å². The Bertz CT molecular complexity index is 718. The summed E-state index contributed by atoms with van der Waals surface area (Å²) < 4.78 is 11.1. The number of rotatable bonds is 3. The predicted molar refractivity (Wildman–Crippen MR) is 95.5 cm³/mol. The average molecular weight is 328 g/mol. The fourth-order valence-electron chi connectivity index (χ4n) is 2.80. The van der Waals surface area contributed by atoms with Crippen molar-refractivity contribution in [2.45, 2.75) is 25.7 Å². The highest BCUT2D eigenvalue weighted by atomic mass is 32.1. The smallest absolute Gasteiger partial charge is 0.270 e. The van der Waals surface area contributed by atoms with Crippen molar-refractivity contribution in [3.8, 4) is 11.6 Å². The van der Waals surface area contributed by atoms with Crippen LogP contribution in [0.1, 0.15) is 24.0 Å². The third kappa shape index (κ3) is 3.45. The van der Waals surface area contributed by atoms with Crippen LogP contribution in [0.4, 0.5) is 5.82 Å². The summed E-state index contributed by atoms with van der Waals surface area (Å²) in [5.41, 5.74) is 2.66. The van der Waals surface area contributed by atoms with Crippen LogP contribution in [0.5, 0.6) is 11.6 Å². The first kappa shape index (κ1) is 15.7. The van der Waals surface area contributed by atoms with E-state index in [1.165, 1.54) is 24.0 Å². The van der Waals surface area contributed by atoms with E-state index in [1.807, 2.05) is 31.3 Å². The Kier molecular flexibility index (Phi) is 4.76. The molecule has 0 saturated carbocycles. The van der Waals surface area contributed by atoms with Gasteiger partial charge < -0.3 is 9.47 Å². The number of anilines is 1. The highest BCUT2D eigenvalue weighted by molar-refractivity contribution is 7.80. The summed E-state index contributed by atoms with van der Waals surface area (Å²) in [6, 6.07) is 11.8. The molecule has 0 atom stereocenters. The van der Waals surface area contributed by atoms with Gasteiger partial charge in [0.25, 0.3) is 5.17 Å². The van der Waals surface area contributed by atoms with Gasteiger partial charge in [-0.05, 0) is 61.2 Å². The summed E-state index contributed by atoms with van der Waals surface area (Å²) >= 11 is 5.45. The van der Waals surface area contributed by atoms with E-state index in [-0.39, 0.29) is 0 Å². The van der Waals surface area contributed by atoms with Crippen molar-refractivity contribution in [1.82, 2.24) is 4.98 Å². The molecule has 0 N–H and O–H groups in total. The summed E-state index contributed by atoms with van der Waals surface area (Å²) in [5.74, 6) is 2.11. The summed E-state index contributed by atoms with van der Waals surface area (Å²) in [6.45, 7) is 0. The standard InChI is InChI=1S/C18H20N2O2S/c1-20(16-11-6-12-17(19-16)21-2)18(23)22-15-10-5-8-13-7-3-4-9-14(13)15/h5-6,8,10-12H,3-4,7,9H2,1-2H3. The molecule has 0 amide bonds. The molecule has 0 saturated heterocycles. The number of methoxy groups -OCH3 is 1. The van der Waals surface area contributed by atoms with Gasteiger partial charge in [-0.15, -0.1) is 0 Å². The lowest BCUT2D eigenvalue weighted by atomic mass is 9.91. The first-order valence-electron chi connectivity index (χ1n) is 7.76. The molecule has 0 spiro atoms. The van der Waals surface area contributed by atoms with Crippen molar-refractivity contribution in [3.63, 3.8) is 0 Å². The summed E-state index contributed by atoms with van der Waals surface area (Å²) in [4.78, 5) is 6.13. The molecule has 1 aromatic carbocycles. The minimum atomic E-state index is 0.379. The molecular formula is C18H20N2O2S. The summed E-state index contributed by atoms with van der Waals surface area (Å²) in [7, 11) is 3.44. The molecule has 0 radical (unpaired) electrons. The lowest BCUT2D eigenvalue weighted by molar-refractivity contribution is 0.398. The van der Waals surface area contributed by atoms with Crippen molar-refractivity contribution >= 4 is 23.2 Å². The zero-order valence-electron chi connectivity index (χ0n) is 13.4. The Morgan fingerprint density at radius 1 is 1.13 bits per heavy atom. The number of thiocarbonyl (C=S) groups is 1. The van der Waals surface area contributed by atoms with E-state index in [1.54, 1.807) is 18.1 Å². The number of fused-ring (bicyclic) bond motifs is 1. The molecule has 3 rings (SSSR count). The average Bonchev–Trinajstić information content (AvgIpc) is 2.61. The lowest BCUT2D eigenvalue weighted by Crippen LogP contribution is -2.30. The van der Waals surface area contributed by atoms with E-state index in [0.717, 1.165) is 18.6 Å². The maximum atomic E-state index is 5.98. The summed E-state index contributed by atoms with van der Waals surface area (Å²) in [5, 5.41) is 0.379. The van der Waals surface area contributed by atoms with Gasteiger partial charge in [0, 0.05) is 13.1 Å². The third-order valence-electron chi connectivity index (χ3n) is 4.09. The molecule has 1 aliphatic rings. The SMILES string of the molecule is COc1cccc(N(C)C(=S)Oc2cccc3c2CCCC3)n1. The molecule has 23 heavy (non-hydrogen) atoms. The second-order valence-electron chi connectivity index (χ2n) is 5.57. The van der Waals surface area contributed by atoms with Crippen LogP contribution in [0.2, 0.25) is 0 Å². The minimum absolute atomic E-state index is 0.379. The first-order valence-corrected chi connectivity index (χ1v) is 8.17. The minimum Gasteiger partial charge on any atom is -0.481 e. The van der Waals surface area contributed by atoms with Gasteiger partial charge in [-0.1, -0.05) is 18.2 Å². The predicted octanol–water partition coefficient (Wildman–Crippen LogP) is 3.77. The van der Waals surface area contributed by atoms with Crippen molar-refractivity contribution in [2.24, 2.45) is 0 Å². The largest absolute Gasteiger partial charge is 0.481 e. The van der Waals surface area contributed by atoms with Crippen LogP contribution < -0.4 is 14.4 Å². The van der Waals surface area contributed by atoms with Crippen LogP contribution in [0.25, 0.3) is 0 Å². The quantitative estimate of drug-likeness (QED) is 0.801. The van der Waals surface area contributed by atoms with Gasteiger partial charge in [0.1, 0.15) is 11.6 Å². The number of ether oxygens (including phenoxy) is 2. The molecule has 0 fully saturated rings. The molecule has 2 aromatic rings. The van der Waals surface area contributed by atoms with E-state index < -0.39 is 0 Å². The van der Waals surface area contributed by atoms with Gasteiger partial charge in [0.15, 0.2) is 0 Å². The van der Waals surface area contributed by atoms with Crippen LogP contribution in [-0.2, 0) is 12.8 Å². The number of hydrogen-bond donors (Lipinski definition) is 0. The molecule has 4 nitrogen and oxygen atoms in total. The second kappa shape index (κ2) is 6.96. The zero-order chi connectivity index (χ0) is 16.2. The lowest BCUT2D eigenvalue weighted by Gasteiger charge is -2.23. The molecule has 0 aliphatic heterocycles. The molecule has 0 bridgehead atoms. The highest BCUT2D eigenvalue weighted by Gasteiger charge is 2.17. The number of hydrogen-bond acceptors (Lipinski definition) is 4. The van der Waals surface area contributed by atoms with Crippen LogP contribution in [0.15, 0.2) is 36.4 Å². The monoisotopic (exact) mass is 328 g/mol. The number of nitrogens with zero attached hydrogens (tertiary/aromatic N) is 2. The Morgan fingerprint density at radius 2 is 1.91 bits per heavy atom. The van der Waals surface area contributed by atoms with Gasteiger partial charge >= 0.3 is 0 Å². The maximum Gasteiger partial charge on any atom is 0.270 e. The molecule has 1 aromatic heterocycles. The van der Waals surface area contributed by atoms with Crippen LogP contribution in [-0.4, -0.2) is 24.3 Å². The van der Waals surface area contributed by atoms with Crippen LogP contribution in [0.3, 0.4) is 0 Å². The fraction of sp³-hybridized carbons (Fsp3) is 0.333. The second-order valence-corrected chi connectivity index (χ2v) is 5.92. The number of aryl methyl sites for hydroxylation is 1. The third-order valence-corrected chi connectivity index (χ3v) is 4.44. The normalized spacial score (nSPS) is 13.1. The van der Waals surface area contributed by atoms with E-state index in [2.05, 4.69) is 11.1 Å². The van der Waals surface area contributed by atoms with Gasteiger partial charge in [0.2, 0.25) is 5.88 Å². The van der Waals surface area contributed by atoms with Crippen LogP contribution in [0, 0.1) is 0 Å². The Balaban J connectivity index is 1.79.